The standard InChI is InChI=1S/C28H25Cl2N5S/c1-20-5-10-25(14-27(20)30)33-28(36)34(18-23-3-2-4-24(29)13-23)12-11-26-16-32-19-35(26)17-22-8-6-21(15-31)7-9-22/h2-10,13-14,16,19H,11-12,17-18H2,1H3,(H,33,36). The second-order valence-corrected chi connectivity index (χ2v) is 9.75. The predicted octanol–water partition coefficient (Wildman–Crippen LogP) is 6.86. The van der Waals surface area contributed by atoms with E-state index >= 15 is 0 Å². The molecule has 0 saturated carbocycles. The Balaban J connectivity index is 1.49. The molecule has 0 aliphatic rings. The van der Waals surface area contributed by atoms with Gasteiger partial charge < -0.3 is 14.8 Å². The first kappa shape index (κ1) is 25.7. The molecule has 1 N–H and O–H groups in total. The van der Waals surface area contributed by atoms with E-state index in [0.717, 1.165) is 34.5 Å². The molecule has 0 atom stereocenters. The Morgan fingerprint density at radius 2 is 1.89 bits per heavy atom. The van der Waals surface area contributed by atoms with Crippen molar-refractivity contribution in [1.29, 1.82) is 5.26 Å². The fraction of sp³-hybridized carbons (Fsp3) is 0.179. The lowest BCUT2D eigenvalue weighted by atomic mass is 10.1. The number of nitrogens with one attached hydrogen (secondary N) is 1. The first-order chi connectivity index (χ1) is 17.4. The third-order valence-corrected chi connectivity index (χ3v) is 6.85. The van der Waals surface area contributed by atoms with Crippen molar-refractivity contribution >= 4 is 46.2 Å². The molecule has 0 spiro atoms. The number of hydrogen-bond acceptors (Lipinski definition) is 3. The van der Waals surface area contributed by atoms with Gasteiger partial charge in [0.1, 0.15) is 0 Å². The lowest BCUT2D eigenvalue weighted by Crippen LogP contribution is -2.36. The molecule has 0 saturated heterocycles. The molecule has 3 aromatic carbocycles. The van der Waals surface area contributed by atoms with Crippen LogP contribution in [0.25, 0.3) is 0 Å². The van der Waals surface area contributed by atoms with Crippen LogP contribution < -0.4 is 5.32 Å². The zero-order chi connectivity index (χ0) is 25.5. The summed E-state index contributed by atoms with van der Waals surface area (Å²) in [5, 5.41) is 14.4. The fourth-order valence-corrected chi connectivity index (χ4v) is 4.48. The van der Waals surface area contributed by atoms with Crippen LogP contribution in [-0.4, -0.2) is 26.1 Å². The van der Waals surface area contributed by atoms with Gasteiger partial charge in [-0.15, -0.1) is 0 Å². The molecule has 0 aliphatic carbocycles. The van der Waals surface area contributed by atoms with Gasteiger partial charge in [-0.2, -0.15) is 5.26 Å². The molecule has 36 heavy (non-hydrogen) atoms. The topological polar surface area (TPSA) is 56.9 Å². The van der Waals surface area contributed by atoms with Gasteiger partial charge in [-0.1, -0.05) is 53.5 Å². The maximum atomic E-state index is 9.04. The van der Waals surface area contributed by atoms with Gasteiger partial charge in [0.05, 0.1) is 18.0 Å². The highest BCUT2D eigenvalue weighted by Gasteiger charge is 2.14. The maximum Gasteiger partial charge on any atom is 0.173 e. The summed E-state index contributed by atoms with van der Waals surface area (Å²) in [7, 11) is 0. The van der Waals surface area contributed by atoms with Crippen molar-refractivity contribution < 1.29 is 0 Å². The van der Waals surface area contributed by atoms with Crippen LogP contribution in [0.15, 0.2) is 79.3 Å². The first-order valence-corrected chi connectivity index (χ1v) is 12.6. The van der Waals surface area contributed by atoms with Crippen molar-refractivity contribution in [2.24, 2.45) is 0 Å². The number of aryl methyl sites for hydroxylation is 1. The fourth-order valence-electron chi connectivity index (χ4n) is 3.81. The van der Waals surface area contributed by atoms with E-state index in [1.54, 1.807) is 0 Å². The monoisotopic (exact) mass is 533 g/mol. The van der Waals surface area contributed by atoms with Crippen LogP contribution in [0.5, 0.6) is 0 Å². The van der Waals surface area contributed by atoms with Crippen LogP contribution in [-0.2, 0) is 19.5 Å². The number of aromatic nitrogens is 2. The van der Waals surface area contributed by atoms with Crippen LogP contribution in [0.2, 0.25) is 10.0 Å². The second kappa shape index (κ2) is 12.0. The zero-order valence-corrected chi connectivity index (χ0v) is 22.1. The van der Waals surface area contributed by atoms with Gasteiger partial charge >= 0.3 is 0 Å². The molecule has 5 nitrogen and oxygen atoms in total. The van der Waals surface area contributed by atoms with Crippen LogP contribution in [0, 0.1) is 18.3 Å². The van der Waals surface area contributed by atoms with Crippen molar-refractivity contribution in [3.8, 4) is 6.07 Å². The van der Waals surface area contributed by atoms with Crippen LogP contribution in [0.1, 0.15) is 27.9 Å². The average Bonchev–Trinajstić information content (AvgIpc) is 3.31. The average molecular weight is 535 g/mol. The summed E-state index contributed by atoms with van der Waals surface area (Å²) < 4.78 is 2.12. The van der Waals surface area contributed by atoms with Gasteiger partial charge in [-0.05, 0) is 72.2 Å². The Labute approximate surface area is 226 Å². The molecule has 0 fully saturated rings. The van der Waals surface area contributed by atoms with Crippen LogP contribution in [0.4, 0.5) is 5.69 Å². The van der Waals surface area contributed by atoms with Crippen molar-refractivity contribution in [2.75, 3.05) is 11.9 Å². The third kappa shape index (κ3) is 6.86. The third-order valence-electron chi connectivity index (χ3n) is 5.85. The largest absolute Gasteiger partial charge is 0.344 e. The molecule has 0 aliphatic heterocycles. The highest BCUT2D eigenvalue weighted by molar-refractivity contribution is 7.80. The number of thiocarbonyl (C=S) groups is 1. The highest BCUT2D eigenvalue weighted by Crippen LogP contribution is 2.21. The van der Waals surface area contributed by atoms with E-state index in [0.29, 0.717) is 40.4 Å². The van der Waals surface area contributed by atoms with E-state index in [2.05, 4.69) is 25.8 Å². The lowest BCUT2D eigenvalue weighted by molar-refractivity contribution is 0.418. The van der Waals surface area contributed by atoms with Gasteiger partial charge in [0.15, 0.2) is 5.11 Å². The number of nitrogens with zero attached hydrogens (tertiary/aromatic N) is 4. The molecule has 1 heterocycles. The van der Waals surface area contributed by atoms with Gasteiger partial charge in [0, 0.05) is 53.7 Å². The summed E-state index contributed by atoms with van der Waals surface area (Å²) in [6, 6.07) is 23.4. The molecule has 0 unspecified atom stereocenters. The molecular formula is C28H25Cl2N5S. The lowest BCUT2D eigenvalue weighted by Gasteiger charge is -2.26. The second-order valence-electron chi connectivity index (χ2n) is 8.52. The van der Waals surface area contributed by atoms with Crippen LogP contribution in [0.3, 0.4) is 0 Å². The quantitative estimate of drug-likeness (QED) is 0.250. The van der Waals surface area contributed by atoms with Crippen molar-refractivity contribution in [3.63, 3.8) is 0 Å². The van der Waals surface area contributed by atoms with Gasteiger partial charge in [-0.25, -0.2) is 4.98 Å². The van der Waals surface area contributed by atoms with E-state index < -0.39 is 0 Å². The smallest absolute Gasteiger partial charge is 0.173 e. The van der Waals surface area contributed by atoms with Gasteiger partial charge in [0.25, 0.3) is 0 Å². The molecule has 1 aromatic heterocycles. The van der Waals surface area contributed by atoms with Gasteiger partial charge in [-0.3, -0.25) is 0 Å². The highest BCUT2D eigenvalue weighted by atomic mass is 35.5. The molecule has 8 heteroatoms. The van der Waals surface area contributed by atoms with Crippen molar-refractivity contribution in [1.82, 2.24) is 14.5 Å². The van der Waals surface area contributed by atoms with E-state index in [1.165, 1.54) is 0 Å². The number of imidazole rings is 1. The van der Waals surface area contributed by atoms with E-state index in [9.17, 15) is 0 Å². The number of hydrogen-bond donors (Lipinski definition) is 1. The summed E-state index contributed by atoms with van der Waals surface area (Å²) in [6.45, 7) is 3.93. The summed E-state index contributed by atoms with van der Waals surface area (Å²) in [5.74, 6) is 0. The SMILES string of the molecule is Cc1ccc(NC(=S)N(CCc2cncn2Cc2ccc(C#N)cc2)Cc2cccc(Cl)c2)cc1Cl. The minimum atomic E-state index is 0.605. The Kier molecular flexibility index (Phi) is 8.61. The van der Waals surface area contributed by atoms with E-state index in [4.69, 9.17) is 40.7 Å². The Morgan fingerprint density at radius 3 is 2.61 bits per heavy atom. The number of rotatable bonds is 8. The Morgan fingerprint density at radius 1 is 1.08 bits per heavy atom. The summed E-state index contributed by atoms with van der Waals surface area (Å²) in [5.41, 5.74) is 5.78. The Hall–Kier alpha value is -3.37. The van der Waals surface area contributed by atoms with E-state index in [1.807, 2.05) is 86.2 Å². The molecule has 0 radical (unpaired) electrons. The van der Waals surface area contributed by atoms with E-state index in [-0.39, 0.29) is 0 Å². The zero-order valence-electron chi connectivity index (χ0n) is 19.8. The minimum absolute atomic E-state index is 0.605. The predicted molar refractivity (Wildman–Crippen MR) is 150 cm³/mol. The molecule has 4 aromatic rings. The normalized spacial score (nSPS) is 10.6. The van der Waals surface area contributed by atoms with Gasteiger partial charge in [0.2, 0.25) is 0 Å². The summed E-state index contributed by atoms with van der Waals surface area (Å²) in [6.07, 6.45) is 4.46. The molecule has 4 rings (SSSR count). The van der Waals surface area contributed by atoms with Crippen molar-refractivity contribution in [3.05, 3.63) is 117 Å². The molecule has 182 valence electrons. The maximum absolute atomic E-state index is 9.04. The number of benzene rings is 3. The minimum Gasteiger partial charge on any atom is -0.344 e. The number of halogens is 2. The van der Waals surface area contributed by atoms with Crippen molar-refractivity contribution in [2.45, 2.75) is 26.4 Å². The molecule has 0 amide bonds. The molecular weight excluding hydrogens is 509 g/mol. The van der Waals surface area contributed by atoms with Crippen LogP contribution >= 0.6 is 35.4 Å². The Bertz CT molecular complexity index is 1390. The first-order valence-electron chi connectivity index (χ1n) is 11.5. The summed E-state index contributed by atoms with van der Waals surface area (Å²) in [4.78, 5) is 6.49. The molecule has 0 bridgehead atoms. The number of anilines is 1. The number of nitriles is 1. The summed E-state index contributed by atoms with van der Waals surface area (Å²) >= 11 is 18.4.